The molecule has 3 heteroatoms. The number of nitrogens with one attached hydrogen (secondary N) is 1. The monoisotopic (exact) mass is 271 g/mol. The fourth-order valence-corrected chi connectivity index (χ4v) is 3.66. The van der Waals surface area contributed by atoms with Crippen molar-refractivity contribution in [3.8, 4) is 0 Å². The Balaban J connectivity index is 1.54. The fourth-order valence-electron chi connectivity index (χ4n) is 2.49. The molecule has 19 heavy (non-hydrogen) atoms. The summed E-state index contributed by atoms with van der Waals surface area (Å²) in [6.07, 6.45) is 4.43. The predicted octanol–water partition coefficient (Wildman–Crippen LogP) is 3.21. The summed E-state index contributed by atoms with van der Waals surface area (Å²) in [7, 11) is 0. The zero-order chi connectivity index (χ0) is 13.1. The lowest BCUT2D eigenvalue weighted by Gasteiger charge is -2.03. The number of thiophene rings is 1. The first-order valence-electron chi connectivity index (χ1n) is 6.76. The van der Waals surface area contributed by atoms with Crippen molar-refractivity contribution in [2.24, 2.45) is 0 Å². The third-order valence-corrected chi connectivity index (χ3v) is 4.75. The van der Waals surface area contributed by atoms with Gasteiger partial charge in [-0.1, -0.05) is 30.3 Å². The molecule has 0 unspecified atom stereocenters. The van der Waals surface area contributed by atoms with Gasteiger partial charge in [0.1, 0.15) is 0 Å². The van der Waals surface area contributed by atoms with Gasteiger partial charge >= 0.3 is 0 Å². The molecule has 1 aromatic carbocycles. The first kappa shape index (κ1) is 12.4. The second-order valence-corrected chi connectivity index (χ2v) is 6.04. The SMILES string of the molecule is O=C(NCCc1ccccc1)c1cc2c(s1)CCC2. The van der Waals surface area contributed by atoms with Crippen LogP contribution >= 0.6 is 11.3 Å². The highest BCUT2D eigenvalue weighted by Crippen LogP contribution is 2.30. The molecule has 1 aliphatic carbocycles. The van der Waals surface area contributed by atoms with Gasteiger partial charge in [-0.15, -0.1) is 11.3 Å². The number of amides is 1. The molecular weight excluding hydrogens is 254 g/mol. The topological polar surface area (TPSA) is 29.1 Å². The smallest absolute Gasteiger partial charge is 0.261 e. The van der Waals surface area contributed by atoms with Gasteiger partial charge < -0.3 is 5.32 Å². The van der Waals surface area contributed by atoms with Crippen LogP contribution in [0.1, 0.15) is 32.1 Å². The largest absolute Gasteiger partial charge is 0.351 e. The Kier molecular flexibility index (Phi) is 3.65. The van der Waals surface area contributed by atoms with E-state index in [2.05, 4.69) is 23.5 Å². The van der Waals surface area contributed by atoms with Crippen molar-refractivity contribution < 1.29 is 4.79 Å². The lowest BCUT2D eigenvalue weighted by Crippen LogP contribution is -2.24. The van der Waals surface area contributed by atoms with Crippen molar-refractivity contribution in [3.05, 3.63) is 57.3 Å². The van der Waals surface area contributed by atoms with Crippen molar-refractivity contribution in [3.63, 3.8) is 0 Å². The van der Waals surface area contributed by atoms with E-state index in [9.17, 15) is 4.79 Å². The molecule has 0 bridgehead atoms. The van der Waals surface area contributed by atoms with E-state index in [0.717, 1.165) is 24.1 Å². The van der Waals surface area contributed by atoms with E-state index in [1.807, 2.05) is 18.2 Å². The van der Waals surface area contributed by atoms with Crippen LogP contribution in [0.15, 0.2) is 36.4 Å². The zero-order valence-corrected chi connectivity index (χ0v) is 11.6. The molecule has 0 saturated heterocycles. The molecule has 0 atom stereocenters. The van der Waals surface area contributed by atoms with Crippen molar-refractivity contribution >= 4 is 17.2 Å². The predicted molar refractivity (Wildman–Crippen MR) is 78.8 cm³/mol. The number of aryl methyl sites for hydroxylation is 2. The third-order valence-electron chi connectivity index (χ3n) is 3.51. The lowest BCUT2D eigenvalue weighted by molar-refractivity contribution is 0.0958. The van der Waals surface area contributed by atoms with Crippen LogP contribution in [0, 0.1) is 0 Å². The Labute approximate surface area is 117 Å². The minimum Gasteiger partial charge on any atom is -0.351 e. The molecule has 3 rings (SSSR count). The summed E-state index contributed by atoms with van der Waals surface area (Å²) in [5, 5.41) is 3.01. The molecule has 98 valence electrons. The summed E-state index contributed by atoms with van der Waals surface area (Å²) in [5.41, 5.74) is 2.65. The highest BCUT2D eigenvalue weighted by Gasteiger charge is 2.17. The van der Waals surface area contributed by atoms with E-state index in [1.54, 1.807) is 11.3 Å². The quantitative estimate of drug-likeness (QED) is 0.909. The van der Waals surface area contributed by atoms with Gasteiger partial charge in [-0.25, -0.2) is 0 Å². The number of hydrogen-bond donors (Lipinski definition) is 1. The Morgan fingerprint density at radius 3 is 2.84 bits per heavy atom. The van der Waals surface area contributed by atoms with E-state index in [0.29, 0.717) is 6.54 Å². The van der Waals surface area contributed by atoms with Crippen LogP contribution in [-0.2, 0) is 19.3 Å². The van der Waals surface area contributed by atoms with E-state index in [4.69, 9.17) is 0 Å². The van der Waals surface area contributed by atoms with Gasteiger partial charge in [-0.05, 0) is 42.9 Å². The molecule has 0 radical (unpaired) electrons. The average Bonchev–Trinajstić information content (AvgIpc) is 3.00. The molecule has 2 aromatic rings. The van der Waals surface area contributed by atoms with Gasteiger partial charge in [0.15, 0.2) is 0 Å². The maximum Gasteiger partial charge on any atom is 0.261 e. The van der Waals surface area contributed by atoms with Gasteiger partial charge in [0.2, 0.25) is 0 Å². The zero-order valence-electron chi connectivity index (χ0n) is 10.8. The van der Waals surface area contributed by atoms with Crippen LogP contribution in [0.25, 0.3) is 0 Å². The average molecular weight is 271 g/mol. The highest BCUT2D eigenvalue weighted by molar-refractivity contribution is 7.14. The van der Waals surface area contributed by atoms with Gasteiger partial charge in [0.05, 0.1) is 4.88 Å². The van der Waals surface area contributed by atoms with Crippen molar-refractivity contribution in [2.45, 2.75) is 25.7 Å². The molecule has 0 fully saturated rings. The highest BCUT2D eigenvalue weighted by atomic mass is 32.1. The van der Waals surface area contributed by atoms with E-state index in [1.165, 1.54) is 22.4 Å². The van der Waals surface area contributed by atoms with Crippen LogP contribution in [0.5, 0.6) is 0 Å². The van der Waals surface area contributed by atoms with Crippen LogP contribution in [0.2, 0.25) is 0 Å². The first-order valence-corrected chi connectivity index (χ1v) is 7.58. The maximum atomic E-state index is 12.0. The van der Waals surface area contributed by atoms with Crippen molar-refractivity contribution in [1.29, 1.82) is 0 Å². The number of hydrogen-bond acceptors (Lipinski definition) is 2. The molecule has 1 amide bonds. The van der Waals surface area contributed by atoms with Crippen LogP contribution < -0.4 is 5.32 Å². The van der Waals surface area contributed by atoms with Gasteiger partial charge in [-0.3, -0.25) is 4.79 Å². The van der Waals surface area contributed by atoms with Crippen molar-refractivity contribution in [1.82, 2.24) is 5.32 Å². The number of rotatable bonds is 4. The number of fused-ring (bicyclic) bond motifs is 1. The third kappa shape index (κ3) is 2.87. The lowest BCUT2D eigenvalue weighted by atomic mass is 10.1. The molecule has 2 nitrogen and oxygen atoms in total. The van der Waals surface area contributed by atoms with Gasteiger partial charge in [-0.2, -0.15) is 0 Å². The number of benzene rings is 1. The second kappa shape index (κ2) is 5.57. The minimum absolute atomic E-state index is 0.0790. The molecule has 1 aliphatic rings. The molecule has 1 aromatic heterocycles. The summed E-state index contributed by atoms with van der Waals surface area (Å²) < 4.78 is 0. The summed E-state index contributed by atoms with van der Waals surface area (Å²) in [4.78, 5) is 14.3. The molecular formula is C16H17NOS. The second-order valence-electron chi connectivity index (χ2n) is 4.90. The molecule has 0 saturated carbocycles. The summed E-state index contributed by atoms with van der Waals surface area (Å²) in [6, 6.07) is 12.3. The maximum absolute atomic E-state index is 12.0. The molecule has 0 spiro atoms. The Bertz CT molecular complexity index is 552. The summed E-state index contributed by atoms with van der Waals surface area (Å²) in [5.74, 6) is 0.0790. The van der Waals surface area contributed by atoms with E-state index in [-0.39, 0.29) is 5.91 Å². The van der Waals surface area contributed by atoms with Crippen LogP contribution in [0.3, 0.4) is 0 Å². The minimum atomic E-state index is 0.0790. The van der Waals surface area contributed by atoms with Crippen LogP contribution in [0.4, 0.5) is 0 Å². The Hall–Kier alpha value is -1.61. The molecule has 1 heterocycles. The summed E-state index contributed by atoms with van der Waals surface area (Å²) >= 11 is 1.66. The first-order chi connectivity index (χ1) is 9.33. The van der Waals surface area contributed by atoms with Gasteiger partial charge in [0.25, 0.3) is 5.91 Å². The standard InChI is InChI=1S/C16H17NOS/c18-16(15-11-13-7-4-8-14(13)19-15)17-10-9-12-5-2-1-3-6-12/h1-3,5-6,11H,4,7-10H2,(H,17,18). The Morgan fingerprint density at radius 1 is 1.21 bits per heavy atom. The number of carbonyl (C=O) groups is 1. The van der Waals surface area contributed by atoms with E-state index < -0.39 is 0 Å². The molecule has 0 aliphatic heterocycles. The summed E-state index contributed by atoms with van der Waals surface area (Å²) in [6.45, 7) is 0.700. The van der Waals surface area contributed by atoms with E-state index >= 15 is 0 Å². The number of carbonyl (C=O) groups excluding carboxylic acids is 1. The fraction of sp³-hybridized carbons (Fsp3) is 0.312. The van der Waals surface area contributed by atoms with Crippen LogP contribution in [-0.4, -0.2) is 12.5 Å². The van der Waals surface area contributed by atoms with Gasteiger partial charge in [0, 0.05) is 11.4 Å². The Morgan fingerprint density at radius 2 is 2.05 bits per heavy atom. The van der Waals surface area contributed by atoms with Crippen molar-refractivity contribution in [2.75, 3.05) is 6.54 Å². The normalized spacial score (nSPS) is 13.3. The molecule has 1 N–H and O–H groups in total.